The van der Waals surface area contributed by atoms with E-state index in [-0.39, 0.29) is 49.4 Å². The fraction of sp³-hybridized carbons (Fsp3) is 1.00. The molecule has 1 N–H and O–H groups in total. The molecule has 0 amide bonds. The van der Waals surface area contributed by atoms with Crippen LogP contribution in [0.1, 0.15) is 110 Å². The molecular weight excluding hydrogens is 375 g/mol. The van der Waals surface area contributed by atoms with Crippen molar-refractivity contribution >= 4 is 40.0 Å². The zero-order valence-electron chi connectivity index (χ0n) is 17.9. The summed E-state index contributed by atoms with van der Waals surface area (Å²) in [6.07, 6.45) is 20.5. The summed E-state index contributed by atoms with van der Waals surface area (Å²) in [4.78, 5) is 0. The van der Waals surface area contributed by atoms with Crippen LogP contribution in [0.15, 0.2) is 0 Å². The van der Waals surface area contributed by atoms with Crippen molar-refractivity contribution in [1.82, 2.24) is 0 Å². The summed E-state index contributed by atoms with van der Waals surface area (Å²) in [7, 11) is -3.92. The molecule has 0 unspecified atom stereocenters. The minimum atomic E-state index is -3.92. The van der Waals surface area contributed by atoms with Crippen LogP contribution in [-0.4, -0.2) is 62.9 Å². The van der Waals surface area contributed by atoms with Gasteiger partial charge in [-0.05, 0) is 6.42 Å². The molecule has 7 heteroatoms. The van der Waals surface area contributed by atoms with Gasteiger partial charge >= 0.3 is 10.4 Å². The molecule has 159 valence electrons. The van der Waals surface area contributed by atoms with Crippen LogP contribution in [0.2, 0.25) is 0 Å². The average Bonchev–Trinajstić information content (AvgIpc) is 2.62. The van der Waals surface area contributed by atoms with Crippen LogP contribution in [0.3, 0.4) is 0 Å². The fourth-order valence-corrected chi connectivity index (χ4v) is 3.65. The third-order valence-corrected chi connectivity index (χ3v) is 5.46. The van der Waals surface area contributed by atoms with Gasteiger partial charge in [0.2, 0.25) is 0 Å². The molecule has 0 saturated carbocycles. The molecule has 0 aliphatic rings. The second kappa shape index (κ2) is 23.1. The van der Waals surface area contributed by atoms with Crippen LogP contribution in [0.4, 0.5) is 0 Å². The van der Waals surface area contributed by atoms with Gasteiger partial charge in [-0.25, -0.2) is 8.37 Å². The van der Waals surface area contributed by atoms with Crippen LogP contribution in [0, 0.1) is 0 Å². The first kappa shape index (κ1) is 30.0. The van der Waals surface area contributed by atoms with Crippen LogP contribution >= 0.6 is 0 Å². The predicted octanol–water partition coefficient (Wildman–Crippen LogP) is 5.14. The molecule has 0 aromatic carbocycles. The summed E-state index contributed by atoms with van der Waals surface area (Å²) in [6, 6.07) is 0. The SMILES string of the molecule is CCCCCCCCCCCCCCCCCCOS(=O)(=O)OCCO.[Na]. The fourth-order valence-electron chi connectivity index (χ4n) is 2.98. The van der Waals surface area contributed by atoms with Crippen LogP contribution in [-0.2, 0) is 18.8 Å². The zero-order valence-corrected chi connectivity index (χ0v) is 20.7. The van der Waals surface area contributed by atoms with Crippen molar-refractivity contribution in [3.05, 3.63) is 0 Å². The van der Waals surface area contributed by atoms with E-state index < -0.39 is 10.4 Å². The number of hydrogen-bond donors (Lipinski definition) is 1. The van der Waals surface area contributed by atoms with E-state index in [4.69, 9.17) is 5.11 Å². The first-order valence-electron chi connectivity index (χ1n) is 10.8. The Morgan fingerprint density at radius 3 is 1.30 bits per heavy atom. The van der Waals surface area contributed by atoms with Gasteiger partial charge in [0, 0.05) is 29.6 Å². The van der Waals surface area contributed by atoms with Gasteiger partial charge < -0.3 is 5.11 Å². The molecule has 0 fully saturated rings. The molecule has 0 spiro atoms. The summed E-state index contributed by atoms with van der Waals surface area (Å²) < 4.78 is 31.5. The maximum absolute atomic E-state index is 11.2. The van der Waals surface area contributed by atoms with Crippen molar-refractivity contribution in [2.75, 3.05) is 19.8 Å². The Balaban J connectivity index is 0. The van der Waals surface area contributed by atoms with Crippen LogP contribution < -0.4 is 0 Å². The minimum absolute atomic E-state index is 0. The average molecular weight is 418 g/mol. The molecule has 0 aliphatic heterocycles. The smallest absolute Gasteiger partial charge is 0.394 e. The Hall–Kier alpha value is 0.830. The second-order valence-electron chi connectivity index (χ2n) is 7.08. The van der Waals surface area contributed by atoms with E-state index in [1.54, 1.807) is 0 Å². The molecule has 0 aromatic heterocycles. The molecule has 27 heavy (non-hydrogen) atoms. The summed E-state index contributed by atoms with van der Waals surface area (Å²) in [5.41, 5.74) is 0. The van der Waals surface area contributed by atoms with E-state index in [9.17, 15) is 8.42 Å². The van der Waals surface area contributed by atoms with E-state index in [1.807, 2.05) is 0 Å². The van der Waals surface area contributed by atoms with Gasteiger partial charge in [-0.3, -0.25) is 0 Å². The van der Waals surface area contributed by atoms with Crippen molar-refractivity contribution in [3.8, 4) is 0 Å². The maximum atomic E-state index is 11.2. The number of aliphatic hydroxyl groups is 1. The molecule has 0 atom stereocenters. The molecule has 0 heterocycles. The summed E-state index contributed by atoms with van der Waals surface area (Å²) in [5.74, 6) is 0. The monoisotopic (exact) mass is 417 g/mol. The molecule has 0 aliphatic carbocycles. The normalized spacial score (nSPS) is 11.5. The van der Waals surface area contributed by atoms with Crippen molar-refractivity contribution in [2.24, 2.45) is 0 Å². The quantitative estimate of drug-likeness (QED) is 0.207. The molecule has 5 nitrogen and oxygen atoms in total. The van der Waals surface area contributed by atoms with E-state index in [0.29, 0.717) is 0 Å². The van der Waals surface area contributed by atoms with Gasteiger partial charge in [-0.15, -0.1) is 0 Å². The van der Waals surface area contributed by atoms with Crippen LogP contribution in [0.25, 0.3) is 0 Å². The van der Waals surface area contributed by atoms with Crippen LogP contribution in [0.5, 0.6) is 0 Å². The largest absolute Gasteiger partial charge is 0.399 e. The molecule has 0 rings (SSSR count). The van der Waals surface area contributed by atoms with Gasteiger partial charge in [0.25, 0.3) is 0 Å². The van der Waals surface area contributed by atoms with Gasteiger partial charge in [0.15, 0.2) is 0 Å². The van der Waals surface area contributed by atoms with Gasteiger partial charge in [0.1, 0.15) is 0 Å². The van der Waals surface area contributed by atoms with E-state index in [0.717, 1.165) is 19.3 Å². The number of rotatable bonds is 21. The van der Waals surface area contributed by atoms with E-state index in [2.05, 4.69) is 15.3 Å². The maximum Gasteiger partial charge on any atom is 0.399 e. The van der Waals surface area contributed by atoms with E-state index in [1.165, 1.54) is 83.5 Å². The number of unbranched alkanes of at least 4 members (excludes halogenated alkanes) is 15. The van der Waals surface area contributed by atoms with Crippen molar-refractivity contribution in [2.45, 2.75) is 110 Å². The van der Waals surface area contributed by atoms with Gasteiger partial charge in [-0.2, -0.15) is 8.42 Å². The van der Waals surface area contributed by atoms with Crippen molar-refractivity contribution in [1.29, 1.82) is 0 Å². The predicted molar refractivity (Wildman–Crippen MR) is 113 cm³/mol. The first-order chi connectivity index (χ1) is 12.6. The number of aliphatic hydroxyl groups excluding tert-OH is 1. The Labute approximate surface area is 190 Å². The molecule has 0 saturated heterocycles. The molecule has 0 aromatic rings. The Bertz CT molecular complexity index is 377. The standard InChI is InChI=1S/C20H42O5S.Na/c1-2-3-4-5-6-7-8-9-10-11-12-13-14-15-16-17-19-24-26(22,23)25-20-18-21;/h21H,2-20H2,1H3;. The van der Waals surface area contributed by atoms with Crippen molar-refractivity contribution in [3.63, 3.8) is 0 Å². The summed E-state index contributed by atoms with van der Waals surface area (Å²) in [5, 5.41) is 8.50. The molecular formula is C20H42NaO5S. The van der Waals surface area contributed by atoms with Gasteiger partial charge in [-0.1, -0.05) is 103 Å². The third kappa shape index (κ3) is 24.8. The Morgan fingerprint density at radius 2 is 0.926 bits per heavy atom. The zero-order chi connectivity index (χ0) is 19.3. The summed E-state index contributed by atoms with van der Waals surface area (Å²) >= 11 is 0. The molecule has 1 radical (unpaired) electrons. The minimum Gasteiger partial charge on any atom is -0.394 e. The van der Waals surface area contributed by atoms with E-state index >= 15 is 0 Å². The van der Waals surface area contributed by atoms with Gasteiger partial charge in [0.05, 0.1) is 19.8 Å². The van der Waals surface area contributed by atoms with Crippen molar-refractivity contribution < 1.29 is 21.9 Å². The molecule has 0 bridgehead atoms. The third-order valence-electron chi connectivity index (χ3n) is 4.54. The first-order valence-corrected chi connectivity index (χ1v) is 12.1. The number of hydrogen-bond acceptors (Lipinski definition) is 5. The summed E-state index contributed by atoms with van der Waals surface area (Å²) in [6.45, 7) is 1.84. The Kier molecular flexibility index (Phi) is 25.7. The topological polar surface area (TPSA) is 72.8 Å². The Morgan fingerprint density at radius 1 is 0.593 bits per heavy atom. The second-order valence-corrected chi connectivity index (χ2v) is 8.37.